The third kappa shape index (κ3) is 12.1. The van der Waals surface area contributed by atoms with Gasteiger partial charge in [-0.1, -0.05) is 0 Å². The minimum Gasteiger partial charge on any atom is -0.461 e. The van der Waals surface area contributed by atoms with Gasteiger partial charge in [0.25, 0.3) is 0 Å². The quantitative estimate of drug-likeness (QED) is 0.212. The van der Waals surface area contributed by atoms with E-state index in [2.05, 4.69) is 0 Å². The summed E-state index contributed by atoms with van der Waals surface area (Å²) in [5, 5.41) is 36.9. The average molecular weight is 559 g/mol. The summed E-state index contributed by atoms with van der Waals surface area (Å²) in [4.78, 5) is 25.4. The second-order valence-corrected chi connectivity index (χ2v) is 8.04. The Morgan fingerprint density at radius 2 is 1.03 bits per heavy atom. The van der Waals surface area contributed by atoms with Gasteiger partial charge in [0.2, 0.25) is 0 Å². The number of ether oxygens (including phenoxy) is 10. The molecule has 4 N–H and O–H groups in total. The molecule has 0 saturated carbocycles. The Balaban J connectivity index is 2.10. The van der Waals surface area contributed by atoms with Crippen molar-refractivity contribution in [3.63, 3.8) is 0 Å². The molecule has 2 fully saturated rings. The molecule has 4 atom stereocenters. The van der Waals surface area contributed by atoms with E-state index >= 15 is 0 Å². The van der Waals surface area contributed by atoms with Gasteiger partial charge in [0.05, 0.1) is 79.3 Å². The van der Waals surface area contributed by atoms with E-state index < -0.39 is 75.4 Å². The zero-order valence-electron chi connectivity index (χ0n) is 21.1. The fraction of sp³-hybridized carbons (Fsp3) is 0.909. The van der Waals surface area contributed by atoms with Crippen LogP contribution in [-0.4, -0.2) is 162 Å². The van der Waals surface area contributed by atoms with Crippen LogP contribution in [0.15, 0.2) is 0 Å². The van der Waals surface area contributed by atoms with E-state index in [9.17, 15) is 19.8 Å². The van der Waals surface area contributed by atoms with Crippen LogP contribution >= 0.6 is 0 Å². The van der Waals surface area contributed by atoms with Crippen molar-refractivity contribution in [2.24, 2.45) is 0 Å². The molecule has 16 heteroatoms. The fourth-order valence-corrected chi connectivity index (χ4v) is 3.02. The number of aliphatic hydroxyl groups is 4. The molecule has 0 aromatic carbocycles. The first kappa shape index (κ1) is 32.7. The molecular weight excluding hydrogens is 520 g/mol. The zero-order valence-corrected chi connectivity index (χ0v) is 21.1. The Kier molecular flexibility index (Phi) is 16.1. The molecule has 0 aliphatic carbocycles. The summed E-state index contributed by atoms with van der Waals surface area (Å²) in [7, 11) is 0. The Labute approximate surface area is 219 Å². The SMILES string of the molecule is O=C(OCC(O)CO)C1OC2(COCCOCCOCCOCCOCCO2)OC1C(=O)OCC(O)CO. The van der Waals surface area contributed by atoms with Crippen molar-refractivity contribution in [2.75, 3.05) is 99.1 Å². The monoisotopic (exact) mass is 558 g/mol. The largest absolute Gasteiger partial charge is 0.461 e. The number of carbonyl (C=O) groups is 2. The van der Waals surface area contributed by atoms with Crippen LogP contribution < -0.4 is 0 Å². The first-order chi connectivity index (χ1) is 18.4. The van der Waals surface area contributed by atoms with Crippen molar-refractivity contribution >= 4 is 11.9 Å². The Morgan fingerprint density at radius 3 is 1.42 bits per heavy atom. The molecule has 2 aliphatic heterocycles. The lowest BCUT2D eigenvalue weighted by Crippen LogP contribution is -2.42. The van der Waals surface area contributed by atoms with Crippen LogP contribution in [0.4, 0.5) is 0 Å². The maximum atomic E-state index is 12.7. The van der Waals surface area contributed by atoms with Gasteiger partial charge >= 0.3 is 17.9 Å². The smallest absolute Gasteiger partial charge is 0.338 e. The van der Waals surface area contributed by atoms with Gasteiger partial charge < -0.3 is 67.8 Å². The van der Waals surface area contributed by atoms with E-state index in [-0.39, 0.29) is 33.0 Å². The van der Waals surface area contributed by atoms with Gasteiger partial charge in [-0.15, -0.1) is 0 Å². The highest BCUT2D eigenvalue weighted by Gasteiger charge is 2.56. The summed E-state index contributed by atoms with van der Waals surface area (Å²) < 4.78 is 54.1. The van der Waals surface area contributed by atoms with Crippen molar-refractivity contribution in [2.45, 2.75) is 30.4 Å². The highest BCUT2D eigenvalue weighted by Crippen LogP contribution is 2.32. The van der Waals surface area contributed by atoms with Crippen molar-refractivity contribution in [3.05, 3.63) is 0 Å². The number of esters is 2. The molecule has 222 valence electrons. The second kappa shape index (κ2) is 18.7. The number of carbonyl (C=O) groups excluding carboxylic acids is 2. The molecule has 0 amide bonds. The van der Waals surface area contributed by atoms with Crippen molar-refractivity contribution in [1.82, 2.24) is 0 Å². The summed E-state index contributed by atoms with van der Waals surface area (Å²) in [5.74, 6) is -4.29. The van der Waals surface area contributed by atoms with Crippen LogP contribution in [0.3, 0.4) is 0 Å². The molecule has 0 aromatic heterocycles. The molecule has 38 heavy (non-hydrogen) atoms. The number of hydrogen-bond acceptors (Lipinski definition) is 16. The van der Waals surface area contributed by atoms with Gasteiger partial charge in [0, 0.05) is 0 Å². The van der Waals surface area contributed by atoms with Crippen LogP contribution in [0.1, 0.15) is 0 Å². The molecule has 2 saturated heterocycles. The number of aliphatic hydroxyl groups excluding tert-OH is 4. The summed E-state index contributed by atoms with van der Waals surface area (Å²) >= 11 is 0. The first-order valence-corrected chi connectivity index (χ1v) is 12.2. The van der Waals surface area contributed by atoms with Crippen LogP contribution in [-0.2, 0) is 57.0 Å². The minimum absolute atomic E-state index is 0.0764. The van der Waals surface area contributed by atoms with E-state index in [0.717, 1.165) is 0 Å². The van der Waals surface area contributed by atoms with E-state index in [0.29, 0.717) is 33.0 Å². The van der Waals surface area contributed by atoms with Gasteiger partial charge in [-0.3, -0.25) is 0 Å². The highest BCUT2D eigenvalue weighted by atomic mass is 16.9. The van der Waals surface area contributed by atoms with Gasteiger partial charge in [0.1, 0.15) is 32.0 Å². The molecule has 0 radical (unpaired) electrons. The van der Waals surface area contributed by atoms with Gasteiger partial charge in [-0.2, -0.15) is 0 Å². The van der Waals surface area contributed by atoms with Gasteiger partial charge in [0.15, 0.2) is 12.2 Å². The van der Waals surface area contributed by atoms with Gasteiger partial charge in [-0.05, 0) is 0 Å². The summed E-state index contributed by atoms with van der Waals surface area (Å²) in [6, 6.07) is 0. The average Bonchev–Trinajstić information content (AvgIpc) is 3.31. The molecule has 16 nitrogen and oxygen atoms in total. The van der Waals surface area contributed by atoms with Crippen molar-refractivity contribution in [1.29, 1.82) is 0 Å². The number of hydrogen-bond donors (Lipinski definition) is 4. The molecule has 4 unspecified atom stereocenters. The molecule has 1 spiro atoms. The fourth-order valence-electron chi connectivity index (χ4n) is 3.02. The molecular formula is C22H38O16. The summed E-state index contributed by atoms with van der Waals surface area (Å²) in [6.45, 7) is -0.563. The molecule has 2 heterocycles. The maximum Gasteiger partial charge on any atom is 0.338 e. The van der Waals surface area contributed by atoms with Gasteiger partial charge in [-0.25, -0.2) is 9.59 Å². The Hall–Kier alpha value is -1.54. The second-order valence-electron chi connectivity index (χ2n) is 8.04. The predicted molar refractivity (Wildman–Crippen MR) is 121 cm³/mol. The van der Waals surface area contributed by atoms with Crippen molar-refractivity contribution < 1.29 is 77.4 Å². The minimum atomic E-state index is -2.06. The predicted octanol–water partition coefficient (Wildman–Crippen LogP) is -3.67. The third-order valence-electron chi connectivity index (χ3n) is 4.93. The topological polar surface area (TPSA) is 207 Å². The molecule has 2 rings (SSSR count). The highest BCUT2D eigenvalue weighted by molar-refractivity contribution is 5.86. The molecule has 2 aliphatic rings. The normalized spacial score (nSPS) is 28.6. The van der Waals surface area contributed by atoms with E-state index in [4.69, 9.17) is 57.6 Å². The molecule has 0 aromatic rings. The maximum absolute atomic E-state index is 12.7. The lowest BCUT2D eigenvalue weighted by Gasteiger charge is -2.27. The van der Waals surface area contributed by atoms with Crippen LogP contribution in [0, 0.1) is 0 Å². The van der Waals surface area contributed by atoms with Crippen molar-refractivity contribution in [3.8, 4) is 0 Å². The summed E-state index contributed by atoms with van der Waals surface area (Å²) in [5.41, 5.74) is 0. The number of rotatable bonds is 8. The van der Waals surface area contributed by atoms with E-state index in [1.54, 1.807) is 0 Å². The van der Waals surface area contributed by atoms with E-state index in [1.165, 1.54) is 0 Å². The van der Waals surface area contributed by atoms with E-state index in [1.807, 2.05) is 0 Å². The Morgan fingerprint density at radius 1 is 0.658 bits per heavy atom. The lowest BCUT2D eigenvalue weighted by molar-refractivity contribution is -0.359. The third-order valence-corrected chi connectivity index (χ3v) is 4.93. The van der Waals surface area contributed by atoms with Crippen LogP contribution in [0.25, 0.3) is 0 Å². The van der Waals surface area contributed by atoms with Crippen LogP contribution in [0.2, 0.25) is 0 Å². The zero-order chi connectivity index (χ0) is 27.6. The summed E-state index contributed by atoms with van der Waals surface area (Å²) in [6.07, 6.45) is -6.15. The standard InChI is InChI=1S/C22H38O16/c23-11-16(25)13-34-20(27)18-19(21(28)35-14-17(26)12-24)38-22(37-18)15-33-8-7-31-4-3-29-1-2-30-5-6-32-9-10-36-22/h16-19,23-26H,1-15H2. The first-order valence-electron chi connectivity index (χ1n) is 12.2. The Bertz CT molecular complexity index is 609. The van der Waals surface area contributed by atoms with Crippen LogP contribution in [0.5, 0.6) is 0 Å². The lowest BCUT2D eigenvalue weighted by atomic mass is 10.2. The molecule has 0 bridgehead atoms.